The van der Waals surface area contributed by atoms with E-state index in [1.807, 2.05) is 37.4 Å². The van der Waals surface area contributed by atoms with Gasteiger partial charge in [-0.05, 0) is 31.4 Å². The van der Waals surface area contributed by atoms with Gasteiger partial charge in [0, 0.05) is 38.4 Å². The topological polar surface area (TPSA) is 96.8 Å². The molecular weight excluding hydrogens is 362 g/mol. The molecule has 9 heteroatoms. The van der Waals surface area contributed by atoms with Crippen LogP contribution in [0.15, 0.2) is 29.6 Å². The first-order valence-electron chi connectivity index (χ1n) is 8.76. The van der Waals surface area contributed by atoms with E-state index >= 15 is 0 Å². The van der Waals surface area contributed by atoms with E-state index in [-0.39, 0.29) is 5.91 Å². The summed E-state index contributed by atoms with van der Waals surface area (Å²) in [7, 11) is 1.77. The predicted octanol–water partition coefficient (Wildman–Crippen LogP) is 2.52. The molecule has 3 N–H and O–H groups in total. The Hall–Kier alpha value is -2.94. The first-order chi connectivity index (χ1) is 13.1. The minimum Gasteiger partial charge on any atom is -0.370 e. The molecular formula is C18H23N7OS. The number of carbonyl (C=O) groups excluding carboxylic acids is 1. The van der Waals surface area contributed by atoms with Crippen LogP contribution < -0.4 is 16.0 Å². The van der Waals surface area contributed by atoms with Crippen LogP contribution in [-0.2, 0) is 7.05 Å². The Morgan fingerprint density at radius 1 is 1.22 bits per heavy atom. The normalized spacial score (nSPS) is 10.6. The Morgan fingerprint density at radius 3 is 2.81 bits per heavy atom. The standard InChI is InChI=1S/C18H23N7OS/c1-4-19-16-10-12(2)22-18(23-16)21-8-7-20-17(26)14-11-13(24-25(14)3)15-6-5-9-27-15/h5-6,9-11H,4,7-8H2,1-3H3,(H,20,26)(H2,19,21,22,23). The van der Waals surface area contributed by atoms with Gasteiger partial charge in [-0.25, -0.2) is 4.98 Å². The number of rotatable bonds is 8. The zero-order valence-electron chi connectivity index (χ0n) is 15.6. The van der Waals surface area contributed by atoms with Gasteiger partial charge in [-0.15, -0.1) is 11.3 Å². The number of amides is 1. The van der Waals surface area contributed by atoms with Gasteiger partial charge < -0.3 is 16.0 Å². The third kappa shape index (κ3) is 4.82. The minimum absolute atomic E-state index is 0.159. The van der Waals surface area contributed by atoms with Crippen LogP contribution in [0.2, 0.25) is 0 Å². The molecule has 0 aliphatic heterocycles. The second-order valence-electron chi connectivity index (χ2n) is 5.95. The molecule has 0 aliphatic rings. The van der Waals surface area contributed by atoms with Crippen molar-refractivity contribution in [2.75, 3.05) is 30.3 Å². The maximum Gasteiger partial charge on any atom is 0.269 e. The molecule has 0 fully saturated rings. The lowest BCUT2D eigenvalue weighted by atomic mass is 10.3. The summed E-state index contributed by atoms with van der Waals surface area (Å²) in [5.74, 6) is 1.17. The van der Waals surface area contributed by atoms with Crippen molar-refractivity contribution in [3.8, 4) is 10.6 Å². The summed E-state index contributed by atoms with van der Waals surface area (Å²) in [4.78, 5) is 22.2. The summed E-state index contributed by atoms with van der Waals surface area (Å²) in [6, 6.07) is 7.65. The van der Waals surface area contributed by atoms with Crippen LogP contribution in [0, 0.1) is 6.92 Å². The Kier molecular flexibility index (Phi) is 6.02. The van der Waals surface area contributed by atoms with Crippen LogP contribution in [0.4, 0.5) is 11.8 Å². The van der Waals surface area contributed by atoms with E-state index in [1.54, 1.807) is 29.1 Å². The average Bonchev–Trinajstić information content (AvgIpc) is 3.28. The molecule has 0 radical (unpaired) electrons. The molecule has 0 aromatic carbocycles. The molecule has 0 atom stereocenters. The number of anilines is 2. The molecule has 0 saturated carbocycles. The highest BCUT2D eigenvalue weighted by Gasteiger charge is 2.14. The highest BCUT2D eigenvalue weighted by Crippen LogP contribution is 2.23. The molecule has 142 valence electrons. The fourth-order valence-electron chi connectivity index (χ4n) is 2.58. The van der Waals surface area contributed by atoms with E-state index in [9.17, 15) is 4.79 Å². The third-order valence-corrected chi connectivity index (χ3v) is 4.68. The number of nitrogens with zero attached hydrogens (tertiary/aromatic N) is 4. The van der Waals surface area contributed by atoms with Gasteiger partial charge in [0.1, 0.15) is 17.2 Å². The fraction of sp³-hybridized carbons (Fsp3) is 0.333. The summed E-state index contributed by atoms with van der Waals surface area (Å²) in [6.45, 7) is 5.71. The summed E-state index contributed by atoms with van der Waals surface area (Å²) in [5.41, 5.74) is 2.21. The molecule has 3 heterocycles. The lowest BCUT2D eigenvalue weighted by Gasteiger charge is -2.09. The van der Waals surface area contributed by atoms with Crippen molar-refractivity contribution in [3.63, 3.8) is 0 Å². The molecule has 1 amide bonds. The van der Waals surface area contributed by atoms with Gasteiger partial charge in [-0.3, -0.25) is 9.48 Å². The lowest BCUT2D eigenvalue weighted by Crippen LogP contribution is -2.30. The number of nitrogens with one attached hydrogen (secondary N) is 3. The van der Waals surface area contributed by atoms with Crippen LogP contribution in [0.1, 0.15) is 23.1 Å². The van der Waals surface area contributed by atoms with E-state index < -0.39 is 0 Å². The molecule has 0 spiro atoms. The van der Waals surface area contributed by atoms with Gasteiger partial charge in [-0.1, -0.05) is 6.07 Å². The number of aromatic nitrogens is 4. The number of carbonyl (C=O) groups is 1. The van der Waals surface area contributed by atoms with Crippen molar-refractivity contribution in [2.45, 2.75) is 13.8 Å². The van der Waals surface area contributed by atoms with E-state index in [0.717, 1.165) is 28.6 Å². The van der Waals surface area contributed by atoms with Crippen LogP contribution in [0.25, 0.3) is 10.6 Å². The zero-order chi connectivity index (χ0) is 19.2. The highest BCUT2D eigenvalue weighted by molar-refractivity contribution is 7.13. The minimum atomic E-state index is -0.159. The van der Waals surface area contributed by atoms with Crippen LogP contribution >= 0.6 is 11.3 Å². The molecule has 3 aromatic rings. The van der Waals surface area contributed by atoms with Gasteiger partial charge in [-0.2, -0.15) is 10.1 Å². The van der Waals surface area contributed by atoms with E-state index in [4.69, 9.17) is 0 Å². The summed E-state index contributed by atoms with van der Waals surface area (Å²) < 4.78 is 1.60. The van der Waals surface area contributed by atoms with Gasteiger partial charge in [0.05, 0.1) is 4.88 Å². The molecule has 8 nitrogen and oxygen atoms in total. The van der Waals surface area contributed by atoms with Crippen molar-refractivity contribution in [2.24, 2.45) is 7.05 Å². The van der Waals surface area contributed by atoms with E-state index in [2.05, 4.69) is 31.0 Å². The van der Waals surface area contributed by atoms with Gasteiger partial charge in [0.15, 0.2) is 0 Å². The highest BCUT2D eigenvalue weighted by atomic mass is 32.1. The van der Waals surface area contributed by atoms with Gasteiger partial charge >= 0.3 is 0 Å². The molecule has 0 aliphatic carbocycles. The van der Waals surface area contributed by atoms with Crippen molar-refractivity contribution in [1.29, 1.82) is 0 Å². The Morgan fingerprint density at radius 2 is 2.07 bits per heavy atom. The zero-order valence-corrected chi connectivity index (χ0v) is 16.4. The van der Waals surface area contributed by atoms with Gasteiger partial charge in [0.25, 0.3) is 5.91 Å². The smallest absolute Gasteiger partial charge is 0.269 e. The summed E-state index contributed by atoms with van der Waals surface area (Å²) in [6.07, 6.45) is 0. The van der Waals surface area contributed by atoms with Crippen molar-refractivity contribution in [1.82, 2.24) is 25.1 Å². The maximum absolute atomic E-state index is 12.4. The molecule has 3 aromatic heterocycles. The van der Waals surface area contributed by atoms with Crippen LogP contribution in [0.5, 0.6) is 0 Å². The quantitative estimate of drug-likeness (QED) is 0.516. The van der Waals surface area contributed by atoms with Gasteiger partial charge in [0.2, 0.25) is 5.95 Å². The largest absolute Gasteiger partial charge is 0.370 e. The molecule has 3 rings (SSSR count). The monoisotopic (exact) mass is 385 g/mol. The number of aryl methyl sites for hydroxylation is 2. The van der Waals surface area contributed by atoms with Crippen LogP contribution in [-0.4, -0.2) is 45.3 Å². The van der Waals surface area contributed by atoms with E-state index in [1.165, 1.54) is 0 Å². The summed E-state index contributed by atoms with van der Waals surface area (Å²) >= 11 is 1.60. The molecule has 27 heavy (non-hydrogen) atoms. The second-order valence-corrected chi connectivity index (χ2v) is 6.89. The number of hydrogen-bond donors (Lipinski definition) is 3. The first kappa shape index (κ1) is 18.8. The molecule has 0 bridgehead atoms. The second kappa shape index (κ2) is 8.63. The predicted molar refractivity (Wildman–Crippen MR) is 108 cm³/mol. The first-order valence-corrected chi connectivity index (χ1v) is 9.64. The molecule has 0 saturated heterocycles. The SMILES string of the molecule is CCNc1cc(C)nc(NCCNC(=O)c2cc(-c3cccs3)nn2C)n1. The van der Waals surface area contributed by atoms with Crippen molar-refractivity contribution in [3.05, 3.63) is 41.0 Å². The lowest BCUT2D eigenvalue weighted by molar-refractivity contribution is 0.0946. The van der Waals surface area contributed by atoms with Crippen LogP contribution in [0.3, 0.4) is 0 Å². The average molecular weight is 385 g/mol. The van der Waals surface area contributed by atoms with Crippen molar-refractivity contribution >= 4 is 29.0 Å². The van der Waals surface area contributed by atoms with E-state index in [0.29, 0.717) is 24.7 Å². The Balaban J connectivity index is 1.53. The number of hydrogen-bond acceptors (Lipinski definition) is 7. The fourth-order valence-corrected chi connectivity index (χ4v) is 3.27. The maximum atomic E-state index is 12.4. The van der Waals surface area contributed by atoms with Crippen molar-refractivity contribution < 1.29 is 4.79 Å². The Bertz CT molecular complexity index is 905. The summed E-state index contributed by atoms with van der Waals surface area (Å²) in [5, 5.41) is 15.6. The Labute approximate surface area is 162 Å². The number of thiophene rings is 1. The third-order valence-electron chi connectivity index (χ3n) is 3.79. The molecule has 0 unspecified atom stereocenters.